The van der Waals surface area contributed by atoms with Crippen molar-refractivity contribution >= 4 is 11.6 Å². The Morgan fingerprint density at radius 3 is 2.48 bits per heavy atom. The van der Waals surface area contributed by atoms with E-state index in [0.29, 0.717) is 17.7 Å². The number of phenols is 1. The van der Waals surface area contributed by atoms with E-state index in [1.54, 1.807) is 30.6 Å². The molecule has 0 aliphatic carbocycles. The highest BCUT2D eigenvalue weighted by Gasteiger charge is 2.35. The largest absolute Gasteiger partial charge is 0.508 e. The number of nitrogens with zero attached hydrogens (tertiary/aromatic N) is 3. The quantitative estimate of drug-likeness (QED) is 0.510. The van der Waals surface area contributed by atoms with Crippen LogP contribution in [0.5, 0.6) is 5.75 Å². The fourth-order valence-electron chi connectivity index (χ4n) is 3.85. The second-order valence-electron chi connectivity index (χ2n) is 7.37. The van der Waals surface area contributed by atoms with Crippen LogP contribution in [0, 0.1) is 0 Å². The third-order valence-electron chi connectivity index (χ3n) is 5.41. The number of H-pyrrole nitrogens is 1. The third kappa shape index (κ3) is 3.59. The third-order valence-corrected chi connectivity index (χ3v) is 5.41. The van der Waals surface area contributed by atoms with E-state index in [1.807, 2.05) is 60.7 Å². The maximum absolute atomic E-state index is 13.5. The molecule has 1 atom stereocenters. The molecule has 0 fully saturated rings. The van der Waals surface area contributed by atoms with E-state index in [-0.39, 0.29) is 11.7 Å². The van der Waals surface area contributed by atoms with Crippen LogP contribution in [-0.2, 0) is 0 Å². The van der Waals surface area contributed by atoms with Gasteiger partial charge in [-0.3, -0.25) is 9.78 Å². The molecule has 1 unspecified atom stereocenters. The molecule has 2 N–H and O–H groups in total. The molecule has 1 amide bonds. The first kappa shape index (κ1) is 18.8. The monoisotopic (exact) mass is 408 g/mol. The number of para-hydroxylation sites is 1. The molecule has 4 aromatic rings. The van der Waals surface area contributed by atoms with E-state index in [2.05, 4.69) is 15.1 Å². The van der Waals surface area contributed by atoms with Crippen LogP contribution in [0.2, 0.25) is 0 Å². The second kappa shape index (κ2) is 7.91. The number of nitrogens with one attached hydrogen (secondary N) is 1. The van der Waals surface area contributed by atoms with Crippen molar-refractivity contribution in [2.75, 3.05) is 0 Å². The van der Waals surface area contributed by atoms with Gasteiger partial charge >= 0.3 is 0 Å². The standard InChI is InChI=1S/C25H20N4O2/c30-24-11-5-4-10-19(24)23-15-22(18-9-6-14-26-16-18)28-29(23)25(31)21-13-12-20(27-21)17-7-2-1-3-8-17/h1-14,16,23,27,30H,15H2. The average molecular weight is 408 g/mol. The molecule has 0 bridgehead atoms. The van der Waals surface area contributed by atoms with Crippen LogP contribution in [0.4, 0.5) is 0 Å². The van der Waals surface area contributed by atoms with Gasteiger partial charge in [0, 0.05) is 35.6 Å². The van der Waals surface area contributed by atoms with Gasteiger partial charge in [-0.1, -0.05) is 54.6 Å². The Labute approximate surface area is 179 Å². The Morgan fingerprint density at radius 2 is 1.71 bits per heavy atom. The highest BCUT2D eigenvalue weighted by Crippen LogP contribution is 2.37. The summed E-state index contributed by atoms with van der Waals surface area (Å²) in [5.74, 6) is -0.112. The molecule has 1 aliphatic heterocycles. The Kier molecular flexibility index (Phi) is 4.80. The highest BCUT2D eigenvalue weighted by atomic mass is 16.3. The van der Waals surface area contributed by atoms with E-state index < -0.39 is 6.04 Å². The lowest BCUT2D eigenvalue weighted by Gasteiger charge is -2.22. The second-order valence-corrected chi connectivity index (χ2v) is 7.37. The number of carbonyl (C=O) groups excluding carboxylic acids is 1. The first-order chi connectivity index (χ1) is 15.2. The minimum Gasteiger partial charge on any atom is -0.508 e. The summed E-state index contributed by atoms with van der Waals surface area (Å²) in [5.41, 5.74) is 4.57. The van der Waals surface area contributed by atoms with Crippen LogP contribution < -0.4 is 0 Å². The van der Waals surface area contributed by atoms with Crippen LogP contribution >= 0.6 is 0 Å². The van der Waals surface area contributed by atoms with Gasteiger partial charge in [0.05, 0.1) is 11.8 Å². The summed E-state index contributed by atoms with van der Waals surface area (Å²) < 4.78 is 0. The van der Waals surface area contributed by atoms with E-state index in [0.717, 1.165) is 22.5 Å². The number of carbonyl (C=O) groups is 1. The highest BCUT2D eigenvalue weighted by molar-refractivity contribution is 6.04. The van der Waals surface area contributed by atoms with Crippen molar-refractivity contribution in [2.24, 2.45) is 5.10 Å². The van der Waals surface area contributed by atoms with E-state index in [1.165, 1.54) is 5.01 Å². The van der Waals surface area contributed by atoms with E-state index in [4.69, 9.17) is 0 Å². The molecule has 31 heavy (non-hydrogen) atoms. The number of aromatic nitrogens is 2. The van der Waals surface area contributed by atoms with E-state index >= 15 is 0 Å². The van der Waals surface area contributed by atoms with Crippen molar-refractivity contribution in [1.82, 2.24) is 15.0 Å². The van der Waals surface area contributed by atoms with Crippen LogP contribution in [0.25, 0.3) is 11.3 Å². The molecular formula is C25H20N4O2. The number of aromatic amines is 1. The number of benzene rings is 2. The molecule has 3 heterocycles. The van der Waals surface area contributed by atoms with Gasteiger partial charge in [0.25, 0.3) is 5.91 Å². The van der Waals surface area contributed by atoms with Crippen molar-refractivity contribution < 1.29 is 9.90 Å². The van der Waals surface area contributed by atoms with Crippen molar-refractivity contribution in [3.05, 3.63) is 108 Å². The smallest absolute Gasteiger partial charge is 0.290 e. The summed E-state index contributed by atoms with van der Waals surface area (Å²) in [4.78, 5) is 20.8. The zero-order valence-electron chi connectivity index (χ0n) is 16.6. The zero-order valence-corrected chi connectivity index (χ0v) is 16.6. The lowest BCUT2D eigenvalue weighted by atomic mass is 9.98. The maximum Gasteiger partial charge on any atom is 0.290 e. The molecule has 0 saturated heterocycles. The first-order valence-corrected chi connectivity index (χ1v) is 10.0. The molecule has 1 aliphatic rings. The summed E-state index contributed by atoms with van der Waals surface area (Å²) in [5, 5.41) is 16.5. The number of rotatable bonds is 4. The van der Waals surface area contributed by atoms with Crippen molar-refractivity contribution in [1.29, 1.82) is 0 Å². The average Bonchev–Trinajstić information content (AvgIpc) is 3.48. The van der Waals surface area contributed by atoms with Gasteiger partial charge in [0.15, 0.2) is 0 Å². The molecule has 6 heteroatoms. The summed E-state index contributed by atoms with van der Waals surface area (Å²) in [7, 11) is 0. The molecule has 152 valence electrons. The molecular weight excluding hydrogens is 388 g/mol. The Hall–Kier alpha value is -4.19. The SMILES string of the molecule is O=C(c1ccc(-c2ccccc2)[nH]1)N1N=C(c2cccnc2)CC1c1ccccc1O. The van der Waals surface area contributed by atoms with Gasteiger partial charge in [-0.25, -0.2) is 5.01 Å². The van der Waals surface area contributed by atoms with E-state index in [9.17, 15) is 9.90 Å². The topological polar surface area (TPSA) is 81.6 Å². The first-order valence-electron chi connectivity index (χ1n) is 10.0. The number of hydrogen-bond donors (Lipinski definition) is 2. The lowest BCUT2D eigenvalue weighted by molar-refractivity contribution is 0.0704. The number of phenolic OH excluding ortho intramolecular Hbond substituents is 1. The zero-order chi connectivity index (χ0) is 21.2. The normalized spacial score (nSPS) is 15.7. The van der Waals surface area contributed by atoms with Crippen LogP contribution in [0.1, 0.15) is 34.1 Å². The number of amides is 1. The minimum atomic E-state index is -0.410. The summed E-state index contributed by atoms with van der Waals surface area (Å²) in [6.45, 7) is 0. The molecule has 6 nitrogen and oxygen atoms in total. The predicted molar refractivity (Wildman–Crippen MR) is 119 cm³/mol. The molecule has 2 aromatic carbocycles. The predicted octanol–water partition coefficient (Wildman–Crippen LogP) is 4.77. The van der Waals surface area contributed by atoms with Gasteiger partial charge in [0.2, 0.25) is 0 Å². The summed E-state index contributed by atoms with van der Waals surface area (Å²) in [6.07, 6.45) is 3.92. The summed E-state index contributed by atoms with van der Waals surface area (Å²) >= 11 is 0. The van der Waals surface area contributed by atoms with Gasteiger partial charge in [-0.05, 0) is 29.8 Å². The van der Waals surface area contributed by atoms with Gasteiger partial charge < -0.3 is 10.1 Å². The van der Waals surface area contributed by atoms with Crippen molar-refractivity contribution in [3.8, 4) is 17.0 Å². The molecule has 2 aromatic heterocycles. The minimum absolute atomic E-state index is 0.143. The number of aromatic hydroxyl groups is 1. The molecule has 0 radical (unpaired) electrons. The molecule has 0 spiro atoms. The fraction of sp³-hybridized carbons (Fsp3) is 0.0800. The molecule has 0 saturated carbocycles. The van der Waals surface area contributed by atoms with Gasteiger partial charge in [-0.2, -0.15) is 5.10 Å². The number of hydrogen-bond acceptors (Lipinski definition) is 4. The van der Waals surface area contributed by atoms with Crippen LogP contribution in [-0.4, -0.2) is 31.7 Å². The molecule has 5 rings (SSSR count). The van der Waals surface area contributed by atoms with Gasteiger partial charge in [0.1, 0.15) is 11.4 Å². The Bertz CT molecular complexity index is 1250. The number of hydrazone groups is 1. The van der Waals surface area contributed by atoms with Crippen molar-refractivity contribution in [2.45, 2.75) is 12.5 Å². The Morgan fingerprint density at radius 1 is 0.935 bits per heavy atom. The number of pyridine rings is 1. The summed E-state index contributed by atoms with van der Waals surface area (Å²) in [6, 6.07) is 23.9. The van der Waals surface area contributed by atoms with Crippen LogP contribution in [0.15, 0.2) is 96.4 Å². The van der Waals surface area contributed by atoms with Crippen LogP contribution in [0.3, 0.4) is 0 Å². The lowest BCUT2D eigenvalue weighted by Crippen LogP contribution is -2.27. The fourth-order valence-corrected chi connectivity index (χ4v) is 3.85. The maximum atomic E-state index is 13.5. The van der Waals surface area contributed by atoms with Crippen molar-refractivity contribution in [3.63, 3.8) is 0 Å². The Balaban J connectivity index is 1.52. The van der Waals surface area contributed by atoms with Gasteiger partial charge in [-0.15, -0.1) is 0 Å².